The van der Waals surface area contributed by atoms with Gasteiger partial charge in [0.05, 0.1) is 18.4 Å². The van der Waals surface area contributed by atoms with Crippen molar-refractivity contribution >= 4 is 23.2 Å². The van der Waals surface area contributed by atoms with Crippen LogP contribution in [0.5, 0.6) is 0 Å². The van der Waals surface area contributed by atoms with Crippen LogP contribution in [0.4, 0.5) is 0 Å². The Bertz CT molecular complexity index is 722. The number of carbonyl (C=O) groups is 2. The molecule has 1 aliphatic rings. The van der Waals surface area contributed by atoms with Crippen molar-refractivity contribution in [3.05, 3.63) is 57.3 Å². The van der Waals surface area contributed by atoms with E-state index in [1.807, 2.05) is 43.3 Å². The van der Waals surface area contributed by atoms with Crippen LogP contribution < -0.4 is 5.32 Å². The molecular weight excluding hydrogens is 298 g/mol. The van der Waals surface area contributed by atoms with Gasteiger partial charge in [0, 0.05) is 9.75 Å². The first kappa shape index (κ1) is 14.8. The van der Waals surface area contributed by atoms with Crippen LogP contribution in [0, 0.1) is 6.92 Å². The molecule has 0 fully saturated rings. The lowest BCUT2D eigenvalue weighted by Crippen LogP contribution is -2.28. The van der Waals surface area contributed by atoms with Crippen LogP contribution in [-0.2, 0) is 16.0 Å². The van der Waals surface area contributed by atoms with Crippen LogP contribution in [0.15, 0.2) is 36.4 Å². The molecule has 0 radical (unpaired) electrons. The third kappa shape index (κ3) is 2.90. The molecule has 5 heteroatoms. The summed E-state index contributed by atoms with van der Waals surface area (Å²) in [6.45, 7) is 2.01. The largest absolute Gasteiger partial charge is 0.481 e. The number of hydrogen-bond donors (Lipinski definition) is 2. The molecule has 0 spiro atoms. The Hall–Kier alpha value is -2.14. The Morgan fingerprint density at radius 2 is 1.95 bits per heavy atom. The first-order chi connectivity index (χ1) is 10.5. The maximum atomic E-state index is 12.2. The number of amides is 1. The number of rotatable bonds is 4. The maximum Gasteiger partial charge on any atom is 0.311 e. The second-order valence-electron chi connectivity index (χ2n) is 5.56. The summed E-state index contributed by atoms with van der Waals surface area (Å²) < 4.78 is 0. The molecule has 3 rings (SSSR count). The zero-order valence-electron chi connectivity index (χ0n) is 12.2. The van der Waals surface area contributed by atoms with Gasteiger partial charge in [-0.05, 0) is 36.6 Å². The van der Waals surface area contributed by atoms with E-state index in [2.05, 4.69) is 5.32 Å². The molecule has 2 aromatic rings. The van der Waals surface area contributed by atoms with Crippen LogP contribution in [-0.4, -0.2) is 17.0 Å². The second kappa shape index (κ2) is 5.93. The average molecular weight is 315 g/mol. The standard InChI is InChI=1S/C17H17NO3S/c1-10-6-7-11(22-10)8-16(19)18-15-9-14(17(20)21)12-4-2-3-5-13(12)15/h2-7,14-15H,8-9H2,1H3,(H,18,19)(H,20,21). The quantitative estimate of drug-likeness (QED) is 0.911. The van der Waals surface area contributed by atoms with E-state index in [-0.39, 0.29) is 11.9 Å². The normalized spacial score (nSPS) is 19.7. The van der Waals surface area contributed by atoms with Crippen molar-refractivity contribution in [3.8, 4) is 0 Å². The van der Waals surface area contributed by atoms with E-state index in [1.165, 1.54) is 4.88 Å². The van der Waals surface area contributed by atoms with Crippen LogP contribution in [0.3, 0.4) is 0 Å². The van der Waals surface area contributed by atoms with Gasteiger partial charge < -0.3 is 10.4 Å². The zero-order valence-corrected chi connectivity index (χ0v) is 13.0. The molecule has 22 heavy (non-hydrogen) atoms. The van der Waals surface area contributed by atoms with Gasteiger partial charge >= 0.3 is 5.97 Å². The van der Waals surface area contributed by atoms with Crippen molar-refractivity contribution in [2.75, 3.05) is 0 Å². The Morgan fingerprint density at radius 3 is 2.59 bits per heavy atom. The molecule has 4 nitrogen and oxygen atoms in total. The molecule has 114 valence electrons. The van der Waals surface area contributed by atoms with E-state index in [1.54, 1.807) is 11.3 Å². The highest BCUT2D eigenvalue weighted by molar-refractivity contribution is 7.12. The molecular formula is C17H17NO3S. The van der Waals surface area contributed by atoms with Gasteiger partial charge in [0.1, 0.15) is 0 Å². The van der Waals surface area contributed by atoms with E-state index in [4.69, 9.17) is 0 Å². The molecule has 1 aromatic carbocycles. The van der Waals surface area contributed by atoms with Crippen molar-refractivity contribution in [1.29, 1.82) is 0 Å². The molecule has 0 bridgehead atoms. The minimum atomic E-state index is -0.835. The van der Waals surface area contributed by atoms with E-state index in [9.17, 15) is 14.7 Å². The number of aliphatic carboxylic acids is 1. The van der Waals surface area contributed by atoms with Crippen LogP contribution >= 0.6 is 11.3 Å². The minimum Gasteiger partial charge on any atom is -0.481 e. The Morgan fingerprint density at radius 1 is 1.23 bits per heavy atom. The highest BCUT2D eigenvalue weighted by Gasteiger charge is 2.35. The predicted molar refractivity (Wildman–Crippen MR) is 85.1 cm³/mol. The number of carboxylic acid groups (broad SMARTS) is 1. The number of carboxylic acids is 1. The number of thiophene rings is 1. The molecule has 1 aromatic heterocycles. The predicted octanol–water partition coefficient (Wildman–Crippen LogP) is 3.03. The Labute approximate surface area is 132 Å². The Kier molecular flexibility index (Phi) is 3.98. The number of nitrogens with one attached hydrogen (secondary N) is 1. The summed E-state index contributed by atoms with van der Waals surface area (Å²) in [6, 6.07) is 11.2. The fraction of sp³-hybridized carbons (Fsp3) is 0.294. The van der Waals surface area contributed by atoms with Crippen LogP contribution in [0.25, 0.3) is 0 Å². The summed E-state index contributed by atoms with van der Waals surface area (Å²) in [5.41, 5.74) is 1.73. The summed E-state index contributed by atoms with van der Waals surface area (Å²) in [6.07, 6.45) is 0.763. The molecule has 2 N–H and O–H groups in total. The van der Waals surface area contributed by atoms with E-state index in [0.717, 1.165) is 16.0 Å². The number of carbonyl (C=O) groups excluding carboxylic acids is 1. The first-order valence-corrected chi connectivity index (χ1v) is 8.02. The molecule has 2 atom stereocenters. The summed E-state index contributed by atoms with van der Waals surface area (Å²) in [5, 5.41) is 12.3. The lowest BCUT2D eigenvalue weighted by molar-refractivity contribution is -0.139. The topological polar surface area (TPSA) is 66.4 Å². The van der Waals surface area contributed by atoms with E-state index in [0.29, 0.717) is 12.8 Å². The van der Waals surface area contributed by atoms with Crippen molar-refractivity contribution in [1.82, 2.24) is 5.32 Å². The van der Waals surface area contributed by atoms with Crippen LogP contribution in [0.1, 0.15) is 39.3 Å². The Balaban J connectivity index is 1.73. The van der Waals surface area contributed by atoms with Gasteiger partial charge in [-0.1, -0.05) is 24.3 Å². The number of benzene rings is 1. The summed E-state index contributed by atoms with van der Waals surface area (Å²) in [5.74, 6) is -1.43. The fourth-order valence-electron chi connectivity index (χ4n) is 2.99. The lowest BCUT2D eigenvalue weighted by Gasteiger charge is -2.13. The number of aryl methyl sites for hydroxylation is 1. The van der Waals surface area contributed by atoms with Gasteiger partial charge in [-0.3, -0.25) is 9.59 Å². The summed E-state index contributed by atoms with van der Waals surface area (Å²) in [4.78, 5) is 25.8. The second-order valence-corrected chi connectivity index (χ2v) is 6.94. The third-order valence-electron chi connectivity index (χ3n) is 3.98. The molecule has 1 heterocycles. The van der Waals surface area contributed by atoms with Crippen molar-refractivity contribution < 1.29 is 14.7 Å². The highest BCUT2D eigenvalue weighted by atomic mass is 32.1. The lowest BCUT2D eigenvalue weighted by atomic mass is 10.0. The summed E-state index contributed by atoms with van der Waals surface area (Å²) in [7, 11) is 0. The number of fused-ring (bicyclic) bond motifs is 1. The highest BCUT2D eigenvalue weighted by Crippen LogP contribution is 2.40. The average Bonchev–Trinajstić information content (AvgIpc) is 3.03. The van der Waals surface area contributed by atoms with Crippen molar-refractivity contribution in [2.45, 2.75) is 31.7 Å². The fourth-order valence-corrected chi connectivity index (χ4v) is 3.88. The minimum absolute atomic E-state index is 0.0623. The van der Waals surface area contributed by atoms with E-state index < -0.39 is 11.9 Å². The van der Waals surface area contributed by atoms with Gasteiger partial charge in [0.15, 0.2) is 0 Å². The zero-order chi connectivity index (χ0) is 15.7. The van der Waals surface area contributed by atoms with Gasteiger partial charge in [-0.25, -0.2) is 0 Å². The monoisotopic (exact) mass is 315 g/mol. The maximum absolute atomic E-state index is 12.2. The molecule has 0 saturated heterocycles. The van der Waals surface area contributed by atoms with Crippen molar-refractivity contribution in [3.63, 3.8) is 0 Å². The first-order valence-electron chi connectivity index (χ1n) is 7.21. The van der Waals surface area contributed by atoms with Crippen molar-refractivity contribution in [2.24, 2.45) is 0 Å². The smallest absolute Gasteiger partial charge is 0.311 e. The van der Waals surface area contributed by atoms with E-state index >= 15 is 0 Å². The van der Waals surface area contributed by atoms with Gasteiger partial charge in [-0.2, -0.15) is 0 Å². The van der Waals surface area contributed by atoms with Gasteiger partial charge in [0.2, 0.25) is 5.91 Å². The molecule has 1 amide bonds. The SMILES string of the molecule is Cc1ccc(CC(=O)NC2CC(C(=O)O)c3ccccc32)s1. The third-order valence-corrected chi connectivity index (χ3v) is 4.98. The molecule has 2 unspecified atom stereocenters. The van der Waals surface area contributed by atoms with Crippen LogP contribution in [0.2, 0.25) is 0 Å². The number of hydrogen-bond acceptors (Lipinski definition) is 3. The summed E-state index contributed by atoms with van der Waals surface area (Å²) >= 11 is 1.61. The molecule has 0 saturated carbocycles. The van der Waals surface area contributed by atoms with Gasteiger partial charge in [-0.15, -0.1) is 11.3 Å². The molecule has 1 aliphatic carbocycles. The molecule has 0 aliphatic heterocycles. The van der Waals surface area contributed by atoms with Gasteiger partial charge in [0.25, 0.3) is 0 Å².